The SMILES string of the molecule is O[C@]1(c2ccccc2)CCC[C@@H]2CN(c3ncnc4[nH]ccc34)C[C@@H]21. The monoisotopic (exact) mass is 334 g/mol. The van der Waals surface area contributed by atoms with Crippen molar-refractivity contribution >= 4 is 16.9 Å². The van der Waals surface area contributed by atoms with Gasteiger partial charge < -0.3 is 15.0 Å². The lowest BCUT2D eigenvalue weighted by Gasteiger charge is -2.41. The van der Waals surface area contributed by atoms with Crippen LogP contribution in [-0.4, -0.2) is 33.1 Å². The third-order valence-electron chi connectivity index (χ3n) is 6.09. The van der Waals surface area contributed by atoms with E-state index < -0.39 is 5.60 Å². The number of nitrogens with one attached hydrogen (secondary N) is 1. The van der Waals surface area contributed by atoms with Gasteiger partial charge in [0.1, 0.15) is 17.8 Å². The summed E-state index contributed by atoms with van der Waals surface area (Å²) in [6, 6.07) is 12.2. The highest BCUT2D eigenvalue weighted by molar-refractivity contribution is 5.87. The molecular weight excluding hydrogens is 312 g/mol. The molecule has 3 heterocycles. The summed E-state index contributed by atoms with van der Waals surface area (Å²) in [5.41, 5.74) is 1.20. The Kier molecular flexibility index (Phi) is 3.31. The van der Waals surface area contributed by atoms with E-state index in [-0.39, 0.29) is 5.92 Å². The van der Waals surface area contributed by atoms with E-state index in [9.17, 15) is 5.11 Å². The first-order valence-corrected chi connectivity index (χ1v) is 9.06. The zero-order valence-electron chi connectivity index (χ0n) is 14.1. The lowest BCUT2D eigenvalue weighted by molar-refractivity contribution is -0.0631. The quantitative estimate of drug-likeness (QED) is 0.756. The molecule has 1 saturated carbocycles. The van der Waals surface area contributed by atoms with E-state index in [1.807, 2.05) is 30.5 Å². The summed E-state index contributed by atoms with van der Waals surface area (Å²) in [6.07, 6.45) is 6.63. The molecule has 128 valence electrons. The molecule has 5 nitrogen and oxygen atoms in total. The van der Waals surface area contributed by atoms with Crippen LogP contribution in [0.2, 0.25) is 0 Å². The zero-order valence-corrected chi connectivity index (χ0v) is 14.1. The highest BCUT2D eigenvalue weighted by Gasteiger charge is 2.50. The molecular formula is C20H22N4O. The minimum atomic E-state index is -0.733. The second-order valence-electron chi connectivity index (χ2n) is 7.39. The molecule has 2 aromatic heterocycles. The lowest BCUT2D eigenvalue weighted by Crippen LogP contribution is -2.42. The van der Waals surface area contributed by atoms with Gasteiger partial charge in [-0.25, -0.2) is 9.97 Å². The Morgan fingerprint density at radius 2 is 2.00 bits per heavy atom. The molecule has 0 amide bonds. The van der Waals surface area contributed by atoms with Gasteiger partial charge in [-0.3, -0.25) is 0 Å². The average molecular weight is 334 g/mol. The fourth-order valence-electron chi connectivity index (χ4n) is 4.89. The Hall–Kier alpha value is -2.40. The van der Waals surface area contributed by atoms with E-state index in [2.05, 4.69) is 32.0 Å². The van der Waals surface area contributed by atoms with Crippen LogP contribution in [0.25, 0.3) is 11.0 Å². The largest absolute Gasteiger partial charge is 0.385 e. The van der Waals surface area contributed by atoms with E-state index in [1.54, 1.807) is 6.33 Å². The number of nitrogens with zero attached hydrogens (tertiary/aromatic N) is 3. The molecule has 2 aliphatic rings. The Morgan fingerprint density at radius 3 is 2.88 bits per heavy atom. The first kappa shape index (κ1) is 14.9. The summed E-state index contributed by atoms with van der Waals surface area (Å²) in [4.78, 5) is 14.4. The minimum Gasteiger partial charge on any atom is -0.385 e. The Labute approximate surface area is 146 Å². The molecule has 2 fully saturated rings. The van der Waals surface area contributed by atoms with Crippen molar-refractivity contribution in [2.45, 2.75) is 24.9 Å². The Balaban J connectivity index is 1.51. The number of benzene rings is 1. The number of rotatable bonds is 2. The third kappa shape index (κ3) is 2.26. The van der Waals surface area contributed by atoms with Gasteiger partial charge in [-0.1, -0.05) is 30.3 Å². The number of aromatic nitrogens is 3. The predicted molar refractivity (Wildman–Crippen MR) is 97.3 cm³/mol. The van der Waals surface area contributed by atoms with Crippen LogP contribution < -0.4 is 4.90 Å². The van der Waals surface area contributed by atoms with Gasteiger partial charge >= 0.3 is 0 Å². The van der Waals surface area contributed by atoms with Gasteiger partial charge in [0.25, 0.3) is 0 Å². The minimum absolute atomic E-state index is 0.243. The van der Waals surface area contributed by atoms with Crippen molar-refractivity contribution in [2.24, 2.45) is 11.8 Å². The summed E-state index contributed by atoms with van der Waals surface area (Å²) in [5, 5.41) is 12.6. The fourth-order valence-corrected chi connectivity index (χ4v) is 4.89. The molecule has 25 heavy (non-hydrogen) atoms. The molecule has 1 aromatic carbocycles. The van der Waals surface area contributed by atoms with Crippen LogP contribution in [0.4, 0.5) is 5.82 Å². The van der Waals surface area contributed by atoms with E-state index in [0.717, 1.165) is 48.3 Å². The number of fused-ring (bicyclic) bond motifs is 2. The topological polar surface area (TPSA) is 65.0 Å². The molecule has 1 saturated heterocycles. The van der Waals surface area contributed by atoms with Gasteiger partial charge in [0.2, 0.25) is 0 Å². The standard InChI is InChI=1S/C20H22N4O/c25-20(15-6-2-1-3-7-15)9-4-5-14-11-24(12-17(14)20)19-16-8-10-21-18(16)22-13-23-19/h1-3,6-8,10,13-14,17,25H,4-5,9,11-12H2,(H,21,22,23)/t14-,17+,20+/m1/s1. The van der Waals surface area contributed by atoms with Gasteiger partial charge in [0.15, 0.2) is 0 Å². The van der Waals surface area contributed by atoms with Crippen LogP contribution in [0.5, 0.6) is 0 Å². The summed E-state index contributed by atoms with van der Waals surface area (Å²) in [5.74, 6) is 1.73. The highest BCUT2D eigenvalue weighted by atomic mass is 16.3. The van der Waals surface area contributed by atoms with Gasteiger partial charge in [0.05, 0.1) is 11.0 Å². The van der Waals surface area contributed by atoms with E-state index >= 15 is 0 Å². The van der Waals surface area contributed by atoms with E-state index in [4.69, 9.17) is 0 Å². The number of aliphatic hydroxyl groups is 1. The van der Waals surface area contributed by atoms with Crippen molar-refractivity contribution < 1.29 is 5.11 Å². The molecule has 2 N–H and O–H groups in total. The number of hydrogen-bond donors (Lipinski definition) is 2. The molecule has 3 atom stereocenters. The van der Waals surface area contributed by atoms with Crippen molar-refractivity contribution in [3.8, 4) is 0 Å². The number of hydrogen-bond acceptors (Lipinski definition) is 4. The van der Waals surface area contributed by atoms with Crippen LogP contribution in [0, 0.1) is 11.8 Å². The number of H-pyrrole nitrogens is 1. The van der Waals surface area contributed by atoms with E-state index in [1.165, 1.54) is 6.42 Å². The van der Waals surface area contributed by atoms with Crippen molar-refractivity contribution in [1.29, 1.82) is 0 Å². The predicted octanol–water partition coefficient (Wildman–Crippen LogP) is 3.08. The number of aromatic amines is 1. The van der Waals surface area contributed by atoms with Crippen molar-refractivity contribution in [3.05, 3.63) is 54.5 Å². The summed E-state index contributed by atoms with van der Waals surface area (Å²) < 4.78 is 0. The van der Waals surface area contributed by atoms with Gasteiger partial charge in [0, 0.05) is 25.2 Å². The molecule has 5 rings (SSSR count). The summed E-state index contributed by atoms with van der Waals surface area (Å²) >= 11 is 0. The third-order valence-corrected chi connectivity index (χ3v) is 6.09. The Morgan fingerprint density at radius 1 is 1.12 bits per heavy atom. The second-order valence-corrected chi connectivity index (χ2v) is 7.39. The van der Waals surface area contributed by atoms with Crippen LogP contribution in [0.3, 0.4) is 0 Å². The molecule has 0 radical (unpaired) electrons. The smallest absolute Gasteiger partial charge is 0.142 e. The summed E-state index contributed by atoms with van der Waals surface area (Å²) in [7, 11) is 0. The van der Waals surface area contributed by atoms with Gasteiger partial charge in [-0.15, -0.1) is 0 Å². The van der Waals surface area contributed by atoms with E-state index in [0.29, 0.717) is 5.92 Å². The lowest BCUT2D eigenvalue weighted by atomic mass is 9.67. The van der Waals surface area contributed by atoms with Gasteiger partial charge in [-0.2, -0.15) is 0 Å². The molecule has 1 aliphatic carbocycles. The van der Waals surface area contributed by atoms with Crippen molar-refractivity contribution in [2.75, 3.05) is 18.0 Å². The summed E-state index contributed by atoms with van der Waals surface area (Å²) in [6.45, 7) is 1.80. The van der Waals surface area contributed by atoms with Crippen molar-refractivity contribution in [1.82, 2.24) is 15.0 Å². The molecule has 0 bridgehead atoms. The number of anilines is 1. The second kappa shape index (κ2) is 5.56. The van der Waals surface area contributed by atoms with Crippen LogP contribution in [0.1, 0.15) is 24.8 Å². The molecule has 5 heteroatoms. The van der Waals surface area contributed by atoms with Gasteiger partial charge in [-0.05, 0) is 36.8 Å². The molecule has 0 spiro atoms. The fraction of sp³-hybridized carbons (Fsp3) is 0.400. The maximum absolute atomic E-state index is 11.6. The van der Waals surface area contributed by atoms with Crippen LogP contribution in [0.15, 0.2) is 48.9 Å². The first-order chi connectivity index (χ1) is 12.3. The zero-order chi connectivity index (χ0) is 16.9. The molecule has 3 aromatic rings. The van der Waals surface area contributed by atoms with Crippen LogP contribution >= 0.6 is 0 Å². The van der Waals surface area contributed by atoms with Crippen molar-refractivity contribution in [3.63, 3.8) is 0 Å². The maximum Gasteiger partial charge on any atom is 0.142 e. The van der Waals surface area contributed by atoms with Crippen LogP contribution in [-0.2, 0) is 5.60 Å². The average Bonchev–Trinajstić information content (AvgIpc) is 3.30. The normalized spacial score (nSPS) is 29.1. The maximum atomic E-state index is 11.6. The highest BCUT2D eigenvalue weighted by Crippen LogP contribution is 2.49. The Bertz CT molecular complexity index is 893. The molecule has 0 unspecified atom stereocenters. The first-order valence-electron chi connectivity index (χ1n) is 9.06. The molecule has 1 aliphatic heterocycles.